The Morgan fingerprint density at radius 1 is 0.604 bits per heavy atom. The number of benzene rings is 4. The van der Waals surface area contributed by atoms with Crippen molar-refractivity contribution in [3.05, 3.63) is 140 Å². The molecule has 0 N–H and O–H groups in total. The fraction of sp³-hybridized carbons (Fsp3) is 0.324. The third kappa shape index (κ3) is 8.23. The molecular formula is C37H38N4O7. The van der Waals surface area contributed by atoms with Gasteiger partial charge in [-0.25, -0.2) is 4.79 Å². The smallest absolute Gasteiger partial charge is 0.394 e. The first-order chi connectivity index (χ1) is 23.3. The van der Waals surface area contributed by atoms with Crippen LogP contribution in [0.25, 0.3) is 0 Å². The van der Waals surface area contributed by atoms with Crippen molar-refractivity contribution >= 4 is 17.5 Å². The molecule has 11 nitrogen and oxygen atoms in total. The number of hydrogen-bond donors (Lipinski definition) is 0. The van der Waals surface area contributed by atoms with Gasteiger partial charge >= 0.3 is 6.16 Å². The highest BCUT2D eigenvalue weighted by Gasteiger charge is 2.29. The first-order valence-electron chi connectivity index (χ1n) is 16.3. The van der Waals surface area contributed by atoms with E-state index in [1.807, 2.05) is 36.4 Å². The minimum atomic E-state index is -0.997. The third-order valence-corrected chi connectivity index (χ3v) is 9.35. The summed E-state index contributed by atoms with van der Waals surface area (Å²) in [6, 6.07) is 28.9. The normalized spacial score (nSPS) is 16.3. The van der Waals surface area contributed by atoms with Gasteiger partial charge in [-0.1, -0.05) is 60.7 Å². The molecule has 248 valence electrons. The molecule has 11 heteroatoms. The van der Waals surface area contributed by atoms with Crippen LogP contribution < -0.4 is 9.47 Å². The maximum Gasteiger partial charge on any atom is 0.519 e. The standard InChI is InChI=1S/C37H38N4O7/c42-37(47-35-13-11-31(40(43)44)23-33(35)29-15-19-38(20-16-29)25-27-7-3-1-4-8-27)48-36-14-12-32(41(45)46)24-34(36)30-17-21-39(22-18-30)26-28-9-5-2-6-10-28/h1-14,23-24,29-30H,15-22,25-26H2. The maximum atomic E-state index is 13.3. The number of nitro benzene ring substituents is 2. The molecule has 0 aromatic heterocycles. The van der Waals surface area contributed by atoms with Crippen molar-refractivity contribution in [3.63, 3.8) is 0 Å². The van der Waals surface area contributed by atoms with E-state index in [1.54, 1.807) is 0 Å². The molecule has 2 heterocycles. The molecule has 0 spiro atoms. The quantitative estimate of drug-likeness (QED) is 0.0729. The molecule has 2 aliphatic rings. The minimum absolute atomic E-state index is 0.0456. The highest BCUT2D eigenvalue weighted by molar-refractivity contribution is 5.69. The molecule has 0 radical (unpaired) electrons. The molecule has 4 aromatic carbocycles. The molecule has 0 saturated carbocycles. The highest BCUT2D eigenvalue weighted by Crippen LogP contribution is 2.39. The number of nitro groups is 2. The summed E-state index contributed by atoms with van der Waals surface area (Å²) in [6.07, 6.45) is 1.98. The SMILES string of the molecule is O=C(Oc1ccc([N+](=O)[O-])cc1C1CCN(Cc2ccccc2)CC1)Oc1ccc([N+](=O)[O-])cc1C1CCN(Cc2ccccc2)CC1. The van der Waals surface area contributed by atoms with Crippen LogP contribution in [0.4, 0.5) is 16.2 Å². The van der Waals surface area contributed by atoms with E-state index in [0.29, 0.717) is 11.1 Å². The largest absolute Gasteiger partial charge is 0.519 e. The Balaban J connectivity index is 1.15. The van der Waals surface area contributed by atoms with Gasteiger partial charge in [0.05, 0.1) is 9.85 Å². The van der Waals surface area contributed by atoms with Crippen molar-refractivity contribution in [1.29, 1.82) is 0 Å². The fourth-order valence-corrected chi connectivity index (χ4v) is 6.81. The summed E-state index contributed by atoms with van der Waals surface area (Å²) in [5.41, 5.74) is 3.48. The Morgan fingerprint density at radius 3 is 1.33 bits per heavy atom. The molecule has 0 unspecified atom stereocenters. The summed E-state index contributed by atoms with van der Waals surface area (Å²) >= 11 is 0. The Morgan fingerprint density at radius 2 is 0.979 bits per heavy atom. The second-order valence-electron chi connectivity index (χ2n) is 12.5. The molecule has 48 heavy (non-hydrogen) atoms. The van der Waals surface area contributed by atoms with E-state index in [9.17, 15) is 25.0 Å². The molecule has 2 fully saturated rings. The third-order valence-electron chi connectivity index (χ3n) is 9.35. The monoisotopic (exact) mass is 650 g/mol. The van der Waals surface area contributed by atoms with E-state index in [2.05, 4.69) is 34.1 Å². The van der Waals surface area contributed by atoms with Gasteiger partial charge in [0.1, 0.15) is 11.5 Å². The number of hydrogen-bond acceptors (Lipinski definition) is 9. The van der Waals surface area contributed by atoms with E-state index in [-0.39, 0.29) is 34.7 Å². The Hall–Kier alpha value is -5.13. The minimum Gasteiger partial charge on any atom is -0.394 e. The predicted octanol–water partition coefficient (Wildman–Crippen LogP) is 7.84. The summed E-state index contributed by atoms with van der Waals surface area (Å²) < 4.78 is 11.4. The number of ether oxygens (including phenoxy) is 2. The lowest BCUT2D eigenvalue weighted by atomic mass is 9.88. The van der Waals surface area contributed by atoms with Gasteiger partial charge in [0, 0.05) is 48.5 Å². The first-order valence-corrected chi connectivity index (χ1v) is 16.3. The van der Waals surface area contributed by atoms with Crippen LogP contribution in [-0.2, 0) is 13.1 Å². The van der Waals surface area contributed by atoms with Gasteiger partial charge in [-0.2, -0.15) is 0 Å². The van der Waals surface area contributed by atoms with Crippen LogP contribution in [0.15, 0.2) is 97.1 Å². The lowest BCUT2D eigenvalue weighted by Crippen LogP contribution is -2.33. The Labute approximate surface area is 279 Å². The van der Waals surface area contributed by atoms with Crippen LogP contribution >= 0.6 is 0 Å². The molecule has 0 bridgehead atoms. The molecule has 4 aromatic rings. The predicted molar refractivity (Wildman–Crippen MR) is 180 cm³/mol. The average molecular weight is 651 g/mol. The van der Waals surface area contributed by atoms with Crippen LogP contribution in [-0.4, -0.2) is 52.0 Å². The van der Waals surface area contributed by atoms with Gasteiger partial charge in [-0.15, -0.1) is 0 Å². The van der Waals surface area contributed by atoms with Crippen molar-refractivity contribution < 1.29 is 24.1 Å². The van der Waals surface area contributed by atoms with Crippen LogP contribution in [0.3, 0.4) is 0 Å². The number of carbonyl (C=O) groups is 1. The summed E-state index contributed by atoms with van der Waals surface area (Å²) in [5.74, 6) is 0.334. The number of non-ortho nitro benzene ring substituents is 2. The molecule has 0 aliphatic carbocycles. The van der Waals surface area contributed by atoms with E-state index < -0.39 is 16.0 Å². The molecule has 0 atom stereocenters. The van der Waals surface area contributed by atoms with Gasteiger partial charge in [0.15, 0.2) is 0 Å². The summed E-state index contributed by atoms with van der Waals surface area (Å²) in [5, 5.41) is 23.3. The zero-order chi connectivity index (χ0) is 33.5. The van der Waals surface area contributed by atoms with E-state index in [4.69, 9.17) is 9.47 Å². The van der Waals surface area contributed by atoms with Crippen molar-refractivity contribution in [3.8, 4) is 11.5 Å². The number of likely N-dealkylation sites (tertiary alicyclic amines) is 2. The maximum absolute atomic E-state index is 13.3. The number of carbonyl (C=O) groups excluding carboxylic acids is 1. The van der Waals surface area contributed by atoms with Crippen molar-refractivity contribution in [2.75, 3.05) is 26.2 Å². The lowest BCUT2D eigenvalue weighted by molar-refractivity contribution is -0.385. The molecule has 0 amide bonds. The number of piperidine rings is 2. The van der Waals surface area contributed by atoms with Crippen LogP contribution in [0.1, 0.15) is 59.8 Å². The lowest BCUT2D eigenvalue weighted by Gasteiger charge is -2.33. The molecule has 2 aliphatic heterocycles. The van der Waals surface area contributed by atoms with Gasteiger partial charge < -0.3 is 9.47 Å². The summed E-state index contributed by atoms with van der Waals surface area (Å²) in [7, 11) is 0. The fourth-order valence-electron chi connectivity index (χ4n) is 6.81. The highest BCUT2D eigenvalue weighted by atomic mass is 16.7. The molecule has 6 rings (SSSR count). The second-order valence-corrected chi connectivity index (χ2v) is 12.5. The molecular weight excluding hydrogens is 612 g/mol. The van der Waals surface area contributed by atoms with Crippen LogP contribution in [0, 0.1) is 20.2 Å². The van der Waals surface area contributed by atoms with Crippen molar-refractivity contribution in [1.82, 2.24) is 9.80 Å². The zero-order valence-electron chi connectivity index (χ0n) is 26.6. The Kier molecular flexibility index (Phi) is 10.4. The topological polar surface area (TPSA) is 128 Å². The summed E-state index contributed by atoms with van der Waals surface area (Å²) in [6.45, 7) is 4.82. The van der Waals surface area contributed by atoms with Crippen LogP contribution in [0.5, 0.6) is 11.5 Å². The van der Waals surface area contributed by atoms with Gasteiger partial charge in [0.25, 0.3) is 11.4 Å². The number of rotatable bonds is 10. The van der Waals surface area contributed by atoms with E-state index in [1.165, 1.54) is 47.5 Å². The van der Waals surface area contributed by atoms with Crippen molar-refractivity contribution in [2.45, 2.75) is 50.6 Å². The van der Waals surface area contributed by atoms with Gasteiger partial charge in [0.2, 0.25) is 0 Å². The second kappa shape index (κ2) is 15.2. The van der Waals surface area contributed by atoms with Gasteiger partial charge in [-0.3, -0.25) is 30.0 Å². The van der Waals surface area contributed by atoms with Crippen LogP contribution in [0.2, 0.25) is 0 Å². The first kappa shape index (κ1) is 32.8. The summed E-state index contributed by atoms with van der Waals surface area (Å²) in [4.78, 5) is 40.4. The van der Waals surface area contributed by atoms with E-state index >= 15 is 0 Å². The number of nitrogens with zero attached hydrogens (tertiary/aromatic N) is 4. The average Bonchev–Trinajstić information content (AvgIpc) is 3.10. The van der Waals surface area contributed by atoms with E-state index in [0.717, 1.165) is 65.0 Å². The van der Waals surface area contributed by atoms with Crippen molar-refractivity contribution in [2.24, 2.45) is 0 Å². The molecule has 2 saturated heterocycles. The zero-order valence-corrected chi connectivity index (χ0v) is 26.6. The van der Waals surface area contributed by atoms with Gasteiger partial charge in [-0.05, 0) is 87.0 Å². The Bertz CT molecular complexity index is 1610.